The number of alkyl halides is 3. The normalized spacial score (nSPS) is 23.7. The van der Waals surface area contributed by atoms with Crippen molar-refractivity contribution in [3.63, 3.8) is 0 Å². The maximum absolute atomic E-state index is 14.3. The average Bonchev–Trinajstić information content (AvgIpc) is 3.31. The first-order valence-corrected chi connectivity index (χ1v) is 11.4. The molecule has 1 aliphatic carbocycles. The number of carbonyl (C=O) groups is 2. The molecule has 0 radical (unpaired) electrons. The second-order valence-corrected chi connectivity index (χ2v) is 8.93. The zero-order valence-electron chi connectivity index (χ0n) is 18.1. The molecule has 1 atom stereocenters. The number of nitrogens with zero attached hydrogens (tertiary/aromatic N) is 2. The van der Waals surface area contributed by atoms with E-state index in [1.807, 2.05) is 4.90 Å². The van der Waals surface area contributed by atoms with Crippen LogP contribution in [0, 0.1) is 5.41 Å². The molecule has 2 aliphatic heterocycles. The van der Waals surface area contributed by atoms with Crippen molar-refractivity contribution in [1.82, 2.24) is 20.9 Å². The van der Waals surface area contributed by atoms with Crippen LogP contribution in [-0.2, 0) is 0 Å². The first-order chi connectivity index (χ1) is 15.3. The number of amides is 1. The molecule has 1 saturated carbocycles. The molecule has 176 valence electrons. The summed E-state index contributed by atoms with van der Waals surface area (Å²) in [5, 5.41) is 9.29. The maximum Gasteiger partial charge on any atom is 0.401 e. The molecule has 0 aromatic carbocycles. The van der Waals surface area contributed by atoms with Gasteiger partial charge in [0.25, 0.3) is 5.91 Å². The first-order valence-electron chi connectivity index (χ1n) is 11.4. The van der Waals surface area contributed by atoms with E-state index in [4.69, 9.17) is 0 Å². The molecular weight excluding hydrogens is 423 g/mol. The van der Waals surface area contributed by atoms with Gasteiger partial charge in [-0.05, 0) is 31.9 Å². The number of rotatable bonds is 5. The topological polar surface area (TPSA) is 86.4 Å². The van der Waals surface area contributed by atoms with Crippen LogP contribution in [0.25, 0.3) is 0 Å². The number of pyridine rings is 1. The molecule has 2 saturated heterocycles. The smallest absolute Gasteiger partial charge is 0.366 e. The minimum atomic E-state index is -4.65. The van der Waals surface area contributed by atoms with Crippen LogP contribution in [0.1, 0.15) is 59.4 Å². The molecule has 3 aliphatic rings. The molecule has 1 aromatic heterocycles. The van der Waals surface area contributed by atoms with Crippen molar-refractivity contribution in [2.75, 3.05) is 44.2 Å². The summed E-state index contributed by atoms with van der Waals surface area (Å²) in [6.07, 6.45) is -1.61. The summed E-state index contributed by atoms with van der Waals surface area (Å²) in [6.45, 7) is 3.60. The zero-order valence-corrected chi connectivity index (χ0v) is 18.1. The van der Waals surface area contributed by atoms with Gasteiger partial charge in [0.2, 0.25) is 0 Å². The van der Waals surface area contributed by atoms with Crippen molar-refractivity contribution >= 4 is 17.4 Å². The Morgan fingerprint density at radius 2 is 1.81 bits per heavy atom. The number of hydrogen-bond donors (Lipinski definition) is 3. The molecule has 4 rings (SSSR count). The van der Waals surface area contributed by atoms with E-state index in [1.54, 1.807) is 0 Å². The largest absolute Gasteiger partial charge is 0.401 e. The van der Waals surface area contributed by atoms with Gasteiger partial charge in [-0.3, -0.25) is 9.59 Å². The minimum absolute atomic E-state index is 0.0257. The van der Waals surface area contributed by atoms with Crippen molar-refractivity contribution in [1.29, 1.82) is 0 Å². The number of anilines is 1. The highest BCUT2D eigenvalue weighted by Gasteiger charge is 2.60. The van der Waals surface area contributed by atoms with Crippen LogP contribution in [0.2, 0.25) is 0 Å². The second-order valence-electron chi connectivity index (χ2n) is 8.93. The predicted octanol–water partition coefficient (Wildman–Crippen LogP) is 2.28. The molecule has 3 N–H and O–H groups in total. The van der Waals surface area contributed by atoms with Crippen LogP contribution >= 0.6 is 0 Å². The average molecular weight is 454 g/mol. The third-order valence-electron chi connectivity index (χ3n) is 6.90. The predicted molar refractivity (Wildman–Crippen MR) is 114 cm³/mol. The molecule has 7 nitrogen and oxygen atoms in total. The summed E-state index contributed by atoms with van der Waals surface area (Å²) in [5.41, 5.74) is -2.19. The van der Waals surface area contributed by atoms with E-state index in [1.165, 1.54) is 12.3 Å². The second kappa shape index (κ2) is 9.35. The molecule has 0 spiro atoms. The van der Waals surface area contributed by atoms with Crippen LogP contribution in [0.4, 0.5) is 18.9 Å². The Labute approximate surface area is 185 Å². The van der Waals surface area contributed by atoms with E-state index >= 15 is 0 Å². The summed E-state index contributed by atoms with van der Waals surface area (Å²) in [5.74, 6) is -1.39. The lowest BCUT2D eigenvalue weighted by Crippen LogP contribution is -2.49. The zero-order chi connectivity index (χ0) is 22.8. The van der Waals surface area contributed by atoms with E-state index in [0.717, 1.165) is 13.0 Å². The van der Waals surface area contributed by atoms with Gasteiger partial charge in [-0.1, -0.05) is 19.3 Å². The number of aromatic nitrogens is 1. The Balaban J connectivity index is 1.76. The van der Waals surface area contributed by atoms with Crippen molar-refractivity contribution in [3.8, 4) is 0 Å². The van der Waals surface area contributed by atoms with Gasteiger partial charge in [-0.2, -0.15) is 13.2 Å². The highest BCUT2D eigenvalue weighted by atomic mass is 19.4. The number of nitrogens with one attached hydrogen (secondary N) is 3. The number of halogens is 3. The van der Waals surface area contributed by atoms with Crippen molar-refractivity contribution in [2.24, 2.45) is 5.41 Å². The highest BCUT2D eigenvalue weighted by molar-refractivity contribution is 6.10. The first kappa shape index (κ1) is 23.0. The Morgan fingerprint density at radius 1 is 1.09 bits per heavy atom. The standard InChI is InChI=1S/C22H30F3N5O2/c23-22(24,25)21(6-2-1-3-7-21)19(31)16-5-9-28-17(18(16)30-12-10-26-11-13-30)20(32)29-15-4-8-27-14-15/h5,9,15,26-27H,1-4,6-8,10-14H2,(H,29,32)/t15-/m1/s1. The van der Waals surface area contributed by atoms with Gasteiger partial charge in [-0.15, -0.1) is 0 Å². The van der Waals surface area contributed by atoms with Crippen molar-refractivity contribution in [2.45, 2.75) is 50.7 Å². The molecule has 3 heterocycles. The van der Waals surface area contributed by atoms with Crippen LogP contribution in [0.15, 0.2) is 12.3 Å². The third-order valence-corrected chi connectivity index (χ3v) is 6.90. The SMILES string of the molecule is O=C(N[C@@H]1CCNC1)c1nccc(C(=O)C2(C(F)(F)F)CCCCC2)c1N1CCNCC1. The van der Waals surface area contributed by atoms with Crippen LogP contribution in [-0.4, -0.2) is 68.2 Å². The Bertz CT molecular complexity index is 842. The Hall–Kier alpha value is -2.20. The lowest BCUT2D eigenvalue weighted by molar-refractivity contribution is -0.212. The number of carbonyl (C=O) groups excluding carboxylic acids is 2. The maximum atomic E-state index is 14.3. The van der Waals surface area contributed by atoms with Crippen molar-refractivity contribution < 1.29 is 22.8 Å². The molecule has 0 bridgehead atoms. The summed E-state index contributed by atoms with van der Waals surface area (Å²) in [6, 6.07) is 1.29. The quantitative estimate of drug-likeness (QED) is 0.593. The van der Waals surface area contributed by atoms with Gasteiger partial charge in [0, 0.05) is 50.5 Å². The van der Waals surface area contributed by atoms with Gasteiger partial charge in [0.15, 0.2) is 11.5 Å². The van der Waals surface area contributed by atoms with E-state index in [0.29, 0.717) is 52.0 Å². The van der Waals surface area contributed by atoms with Gasteiger partial charge < -0.3 is 20.9 Å². The van der Waals surface area contributed by atoms with E-state index in [-0.39, 0.29) is 35.8 Å². The van der Waals surface area contributed by atoms with Gasteiger partial charge in [0.1, 0.15) is 5.41 Å². The fourth-order valence-electron chi connectivity index (χ4n) is 5.10. The van der Waals surface area contributed by atoms with Crippen LogP contribution in [0.5, 0.6) is 0 Å². The third kappa shape index (κ3) is 4.34. The lowest BCUT2D eigenvalue weighted by atomic mass is 9.68. The highest BCUT2D eigenvalue weighted by Crippen LogP contribution is 2.51. The molecule has 1 amide bonds. The van der Waals surface area contributed by atoms with Gasteiger partial charge in [-0.25, -0.2) is 4.98 Å². The molecule has 32 heavy (non-hydrogen) atoms. The molecule has 1 aromatic rings. The molecular formula is C22H30F3N5O2. The van der Waals surface area contributed by atoms with Crippen LogP contribution in [0.3, 0.4) is 0 Å². The number of piperazine rings is 1. The summed E-state index contributed by atoms with van der Waals surface area (Å²) >= 11 is 0. The lowest BCUT2D eigenvalue weighted by Gasteiger charge is -2.39. The number of ketones is 1. The summed E-state index contributed by atoms with van der Waals surface area (Å²) in [4.78, 5) is 32.8. The number of Topliss-reactive ketones (excluding diaryl/α,β-unsaturated/α-hetero) is 1. The molecule has 3 fully saturated rings. The van der Waals surface area contributed by atoms with E-state index < -0.39 is 23.3 Å². The van der Waals surface area contributed by atoms with Crippen LogP contribution < -0.4 is 20.9 Å². The minimum Gasteiger partial charge on any atom is -0.366 e. The molecule has 0 unspecified atom stereocenters. The Kier molecular flexibility index (Phi) is 6.71. The molecule has 10 heteroatoms. The monoisotopic (exact) mass is 453 g/mol. The van der Waals surface area contributed by atoms with Gasteiger partial charge >= 0.3 is 6.18 Å². The fraction of sp³-hybridized carbons (Fsp3) is 0.682. The van der Waals surface area contributed by atoms with Crippen molar-refractivity contribution in [3.05, 3.63) is 23.5 Å². The summed E-state index contributed by atoms with van der Waals surface area (Å²) < 4.78 is 42.9. The fourth-order valence-corrected chi connectivity index (χ4v) is 5.10. The Morgan fingerprint density at radius 3 is 2.44 bits per heavy atom. The number of hydrogen-bond acceptors (Lipinski definition) is 6. The van der Waals surface area contributed by atoms with Gasteiger partial charge in [0.05, 0.1) is 5.69 Å². The summed E-state index contributed by atoms with van der Waals surface area (Å²) in [7, 11) is 0. The van der Waals surface area contributed by atoms with E-state index in [2.05, 4.69) is 20.9 Å². The van der Waals surface area contributed by atoms with E-state index in [9.17, 15) is 22.8 Å².